The Morgan fingerprint density at radius 2 is 2.26 bits per heavy atom. The summed E-state index contributed by atoms with van der Waals surface area (Å²) in [4.78, 5) is 25.0. The lowest BCUT2D eigenvalue weighted by atomic mass is 10.2. The first kappa shape index (κ1) is 15.5. The zero-order chi connectivity index (χ0) is 16.4. The summed E-state index contributed by atoms with van der Waals surface area (Å²) in [6, 6.07) is 6.60. The Morgan fingerprint density at radius 3 is 3.00 bits per heavy atom. The van der Waals surface area contributed by atoms with E-state index < -0.39 is 4.92 Å². The molecule has 1 atom stereocenters. The summed E-state index contributed by atoms with van der Waals surface area (Å²) >= 11 is 0. The third-order valence-electron chi connectivity index (χ3n) is 4.24. The zero-order valence-corrected chi connectivity index (χ0v) is 13.0. The van der Waals surface area contributed by atoms with Crippen molar-refractivity contribution in [3.8, 4) is 0 Å². The highest BCUT2D eigenvalue weighted by molar-refractivity contribution is 5.90. The molecule has 1 aromatic heterocycles. The number of rotatable bonds is 4. The van der Waals surface area contributed by atoms with Crippen LogP contribution in [0.2, 0.25) is 0 Å². The van der Waals surface area contributed by atoms with Gasteiger partial charge in [0.2, 0.25) is 5.91 Å². The summed E-state index contributed by atoms with van der Waals surface area (Å²) in [6.45, 7) is 3.98. The van der Waals surface area contributed by atoms with Crippen LogP contribution in [0.25, 0.3) is 10.9 Å². The van der Waals surface area contributed by atoms with Crippen molar-refractivity contribution in [2.24, 2.45) is 0 Å². The Morgan fingerprint density at radius 1 is 1.43 bits per heavy atom. The predicted octanol–water partition coefficient (Wildman–Crippen LogP) is 2.19. The van der Waals surface area contributed by atoms with Gasteiger partial charge in [-0.3, -0.25) is 14.9 Å². The van der Waals surface area contributed by atoms with E-state index in [2.05, 4.69) is 0 Å². The second-order valence-electron chi connectivity index (χ2n) is 5.65. The zero-order valence-electron chi connectivity index (χ0n) is 13.0. The molecule has 7 nitrogen and oxygen atoms in total. The molecular formula is C16H19N3O4. The van der Waals surface area contributed by atoms with Crippen molar-refractivity contribution in [3.63, 3.8) is 0 Å². The third-order valence-corrected chi connectivity index (χ3v) is 4.24. The molecule has 23 heavy (non-hydrogen) atoms. The lowest BCUT2D eigenvalue weighted by molar-refractivity contribution is -0.383. The van der Waals surface area contributed by atoms with Gasteiger partial charge in [-0.15, -0.1) is 0 Å². The van der Waals surface area contributed by atoms with Crippen LogP contribution in [-0.4, -0.2) is 46.1 Å². The average molecular weight is 317 g/mol. The number of morpholine rings is 1. The number of carbonyl (C=O) groups excluding carboxylic acids is 1. The highest BCUT2D eigenvalue weighted by Crippen LogP contribution is 2.26. The van der Waals surface area contributed by atoms with Crippen LogP contribution in [0.15, 0.2) is 30.5 Å². The molecule has 0 N–H and O–H groups in total. The molecule has 0 radical (unpaired) electrons. The van der Waals surface area contributed by atoms with Crippen LogP contribution in [0, 0.1) is 10.1 Å². The quantitative estimate of drug-likeness (QED) is 0.639. The number of ether oxygens (including phenoxy) is 1. The van der Waals surface area contributed by atoms with E-state index in [1.54, 1.807) is 33.9 Å². The molecule has 1 aliphatic rings. The first-order valence-electron chi connectivity index (χ1n) is 7.71. The van der Waals surface area contributed by atoms with Gasteiger partial charge in [-0.25, -0.2) is 0 Å². The topological polar surface area (TPSA) is 77.6 Å². The van der Waals surface area contributed by atoms with Crippen molar-refractivity contribution in [2.75, 3.05) is 19.7 Å². The van der Waals surface area contributed by atoms with Gasteiger partial charge in [-0.2, -0.15) is 0 Å². The molecule has 2 heterocycles. The van der Waals surface area contributed by atoms with Gasteiger partial charge in [-0.1, -0.05) is 13.0 Å². The molecule has 0 bridgehead atoms. The van der Waals surface area contributed by atoms with Crippen molar-refractivity contribution < 1.29 is 14.5 Å². The molecule has 1 fully saturated rings. The lowest BCUT2D eigenvalue weighted by Crippen LogP contribution is -2.46. The predicted molar refractivity (Wildman–Crippen MR) is 85.2 cm³/mol. The minimum Gasteiger partial charge on any atom is -0.375 e. The minimum atomic E-state index is -0.400. The molecule has 1 aromatic carbocycles. The highest BCUT2D eigenvalue weighted by atomic mass is 16.6. The van der Waals surface area contributed by atoms with Crippen LogP contribution in [0.1, 0.15) is 13.3 Å². The lowest BCUT2D eigenvalue weighted by Gasteiger charge is -2.32. The van der Waals surface area contributed by atoms with Crippen molar-refractivity contribution in [1.82, 2.24) is 9.47 Å². The smallest absolute Gasteiger partial charge is 0.278 e. The first-order valence-corrected chi connectivity index (χ1v) is 7.71. The normalized spacial score (nSPS) is 18.3. The molecule has 1 amide bonds. The molecule has 122 valence electrons. The number of fused-ring (bicyclic) bond motifs is 1. The Labute approximate surface area is 133 Å². The summed E-state index contributed by atoms with van der Waals surface area (Å²) in [5.74, 6) is 0.00996. The number of hydrogen-bond donors (Lipinski definition) is 0. The van der Waals surface area contributed by atoms with E-state index in [0.717, 1.165) is 6.42 Å². The average Bonchev–Trinajstić information content (AvgIpc) is 2.97. The van der Waals surface area contributed by atoms with Gasteiger partial charge < -0.3 is 14.2 Å². The Kier molecular flexibility index (Phi) is 4.29. The summed E-state index contributed by atoms with van der Waals surface area (Å²) in [5.41, 5.74) is 0.763. The van der Waals surface area contributed by atoms with Crippen molar-refractivity contribution >= 4 is 22.5 Å². The molecule has 3 rings (SSSR count). The molecule has 7 heteroatoms. The van der Waals surface area contributed by atoms with E-state index in [1.165, 1.54) is 6.07 Å². The summed E-state index contributed by atoms with van der Waals surface area (Å²) in [7, 11) is 0. The molecule has 0 aliphatic carbocycles. The van der Waals surface area contributed by atoms with Crippen molar-refractivity contribution in [2.45, 2.75) is 26.0 Å². The second-order valence-corrected chi connectivity index (χ2v) is 5.65. The maximum absolute atomic E-state index is 12.5. The van der Waals surface area contributed by atoms with E-state index in [-0.39, 0.29) is 24.2 Å². The maximum atomic E-state index is 12.5. The van der Waals surface area contributed by atoms with Crippen LogP contribution in [0.5, 0.6) is 0 Å². The Balaban J connectivity index is 1.80. The fourth-order valence-electron chi connectivity index (χ4n) is 2.94. The Hall–Kier alpha value is -2.41. The number of hydrogen-bond acceptors (Lipinski definition) is 4. The molecule has 0 saturated carbocycles. The maximum Gasteiger partial charge on any atom is 0.278 e. The third kappa shape index (κ3) is 3.05. The SMILES string of the molecule is CCC1CN(C(=O)Cn2ccc3c([N+](=O)[O-])cccc32)CCO1. The first-order chi connectivity index (χ1) is 11.1. The number of nitro groups is 1. The van der Waals surface area contributed by atoms with Crippen molar-refractivity contribution in [1.29, 1.82) is 0 Å². The summed E-state index contributed by atoms with van der Waals surface area (Å²) in [5, 5.41) is 11.6. The van der Waals surface area contributed by atoms with Gasteiger partial charge in [0.15, 0.2) is 0 Å². The molecule has 1 aliphatic heterocycles. The molecule has 0 spiro atoms. The van der Waals surface area contributed by atoms with E-state index >= 15 is 0 Å². The van der Waals surface area contributed by atoms with Gasteiger partial charge in [0.25, 0.3) is 5.69 Å². The summed E-state index contributed by atoms with van der Waals surface area (Å²) < 4.78 is 7.34. The van der Waals surface area contributed by atoms with E-state index in [4.69, 9.17) is 4.74 Å². The molecular weight excluding hydrogens is 298 g/mol. The summed E-state index contributed by atoms with van der Waals surface area (Å²) in [6.07, 6.45) is 2.70. The van der Waals surface area contributed by atoms with Gasteiger partial charge >= 0.3 is 0 Å². The minimum absolute atomic E-state index is 0.00996. The van der Waals surface area contributed by atoms with Crippen LogP contribution in [-0.2, 0) is 16.1 Å². The van der Waals surface area contributed by atoms with Crippen molar-refractivity contribution in [3.05, 3.63) is 40.6 Å². The monoisotopic (exact) mass is 317 g/mol. The fourth-order valence-corrected chi connectivity index (χ4v) is 2.94. The van der Waals surface area contributed by atoms with Gasteiger partial charge in [0.05, 0.1) is 28.5 Å². The Bertz CT molecular complexity index is 740. The van der Waals surface area contributed by atoms with Crippen LogP contribution in [0.4, 0.5) is 5.69 Å². The number of non-ortho nitro benzene ring substituents is 1. The molecule has 2 aromatic rings. The fraction of sp³-hybridized carbons (Fsp3) is 0.438. The molecule has 1 unspecified atom stereocenters. The van der Waals surface area contributed by atoms with Crippen LogP contribution < -0.4 is 0 Å². The van der Waals surface area contributed by atoms with E-state index in [0.29, 0.717) is 30.6 Å². The standard InChI is InChI=1S/C16H19N3O4/c1-2-12-10-18(8-9-23-12)16(20)11-17-7-6-13-14(17)4-3-5-15(13)19(21)22/h3-7,12H,2,8-11H2,1H3. The van der Waals surface area contributed by atoms with Gasteiger partial charge in [0, 0.05) is 25.4 Å². The number of aromatic nitrogens is 1. The van der Waals surface area contributed by atoms with Gasteiger partial charge in [-0.05, 0) is 18.6 Å². The number of nitrogens with zero attached hydrogens (tertiary/aromatic N) is 3. The largest absolute Gasteiger partial charge is 0.375 e. The second kappa shape index (κ2) is 6.37. The number of amides is 1. The van der Waals surface area contributed by atoms with Gasteiger partial charge in [0.1, 0.15) is 6.54 Å². The number of carbonyl (C=O) groups is 1. The highest BCUT2D eigenvalue weighted by Gasteiger charge is 2.23. The van der Waals surface area contributed by atoms with E-state index in [1.807, 2.05) is 6.92 Å². The van der Waals surface area contributed by atoms with Crippen LogP contribution >= 0.6 is 0 Å². The van der Waals surface area contributed by atoms with E-state index in [9.17, 15) is 14.9 Å². The number of nitro benzene ring substituents is 1. The van der Waals surface area contributed by atoms with Crippen LogP contribution in [0.3, 0.4) is 0 Å². The molecule has 1 saturated heterocycles. The number of benzene rings is 1.